The van der Waals surface area contributed by atoms with Gasteiger partial charge in [-0.25, -0.2) is 0 Å². The second-order valence-corrected chi connectivity index (χ2v) is 11.0. The summed E-state index contributed by atoms with van der Waals surface area (Å²) in [5.41, 5.74) is 0.0401. The number of fused-ring (bicyclic) bond motifs is 1. The van der Waals surface area contributed by atoms with Crippen molar-refractivity contribution in [1.82, 2.24) is 0 Å². The number of nitriles is 1. The van der Waals surface area contributed by atoms with Gasteiger partial charge in [-0.2, -0.15) is 5.26 Å². The second kappa shape index (κ2) is 11.0. The zero-order chi connectivity index (χ0) is 19.8. The van der Waals surface area contributed by atoms with Gasteiger partial charge < -0.3 is 0 Å². The number of nitrogens with zero attached hydrogens (tertiary/aromatic N) is 1. The Balaban J connectivity index is 1.44. The van der Waals surface area contributed by atoms with Gasteiger partial charge in [0, 0.05) is 0 Å². The summed E-state index contributed by atoms with van der Waals surface area (Å²) >= 11 is 0. The maximum absolute atomic E-state index is 10.0. The van der Waals surface area contributed by atoms with Crippen molar-refractivity contribution in [3.05, 3.63) is 0 Å². The van der Waals surface area contributed by atoms with E-state index in [1.54, 1.807) is 0 Å². The van der Waals surface area contributed by atoms with Crippen molar-refractivity contribution in [2.75, 3.05) is 0 Å². The standard InChI is InChI=1S/C27H47N/c1-3-5-6-7-8-17-27(21-28)18-16-25-19-24(14-15-26(25)20-27)23-12-10-22(9-4-2)11-13-23/h22-26H,3-20H2,1-2H3/t22?,23?,24-,25+,26+,27-/m0/s1. The van der Waals surface area contributed by atoms with Crippen LogP contribution >= 0.6 is 0 Å². The van der Waals surface area contributed by atoms with Crippen molar-refractivity contribution >= 4 is 0 Å². The zero-order valence-corrected chi connectivity index (χ0v) is 19.1. The minimum atomic E-state index is 0.0401. The number of hydrogen-bond acceptors (Lipinski definition) is 1. The maximum atomic E-state index is 10.0. The Morgan fingerprint density at radius 2 is 1.43 bits per heavy atom. The predicted molar refractivity (Wildman–Crippen MR) is 120 cm³/mol. The van der Waals surface area contributed by atoms with E-state index in [-0.39, 0.29) is 5.41 Å². The van der Waals surface area contributed by atoms with Crippen molar-refractivity contribution in [2.24, 2.45) is 35.0 Å². The Kier molecular flexibility index (Phi) is 8.74. The third kappa shape index (κ3) is 5.77. The van der Waals surface area contributed by atoms with Crippen molar-refractivity contribution < 1.29 is 0 Å². The molecular weight excluding hydrogens is 338 g/mol. The van der Waals surface area contributed by atoms with E-state index < -0.39 is 0 Å². The van der Waals surface area contributed by atoms with Gasteiger partial charge in [0.05, 0.1) is 11.5 Å². The minimum absolute atomic E-state index is 0.0401. The zero-order valence-electron chi connectivity index (χ0n) is 19.1. The monoisotopic (exact) mass is 385 g/mol. The molecule has 0 aromatic heterocycles. The summed E-state index contributed by atoms with van der Waals surface area (Å²) < 4.78 is 0. The number of rotatable bonds is 9. The molecule has 0 heterocycles. The first kappa shape index (κ1) is 22.2. The molecule has 28 heavy (non-hydrogen) atoms. The van der Waals surface area contributed by atoms with Crippen LogP contribution in [0.2, 0.25) is 0 Å². The molecule has 0 bridgehead atoms. The molecule has 0 saturated heterocycles. The van der Waals surface area contributed by atoms with Gasteiger partial charge >= 0.3 is 0 Å². The van der Waals surface area contributed by atoms with Crippen LogP contribution < -0.4 is 0 Å². The minimum Gasteiger partial charge on any atom is -0.198 e. The third-order valence-corrected chi connectivity index (χ3v) is 9.08. The molecule has 3 rings (SSSR count). The first-order valence-corrected chi connectivity index (χ1v) is 13.1. The fourth-order valence-corrected chi connectivity index (χ4v) is 7.29. The smallest absolute Gasteiger partial charge is 0.0689 e. The van der Waals surface area contributed by atoms with Gasteiger partial charge in [-0.05, 0) is 87.4 Å². The highest BCUT2D eigenvalue weighted by Gasteiger charge is 2.44. The molecule has 3 saturated carbocycles. The molecule has 3 fully saturated rings. The van der Waals surface area contributed by atoms with E-state index in [0.717, 1.165) is 29.6 Å². The molecule has 0 N–H and O–H groups in total. The van der Waals surface area contributed by atoms with E-state index in [1.165, 1.54) is 116 Å². The topological polar surface area (TPSA) is 23.8 Å². The largest absolute Gasteiger partial charge is 0.198 e. The van der Waals surface area contributed by atoms with Crippen LogP contribution in [0, 0.1) is 46.3 Å². The van der Waals surface area contributed by atoms with Crippen molar-refractivity contribution in [3.63, 3.8) is 0 Å². The first-order valence-electron chi connectivity index (χ1n) is 13.1. The Morgan fingerprint density at radius 1 is 0.750 bits per heavy atom. The molecule has 0 amide bonds. The van der Waals surface area contributed by atoms with E-state index in [9.17, 15) is 5.26 Å². The van der Waals surface area contributed by atoms with E-state index in [1.807, 2.05) is 0 Å². The molecule has 4 atom stereocenters. The molecule has 1 heteroatoms. The lowest BCUT2D eigenvalue weighted by Gasteiger charge is -2.47. The maximum Gasteiger partial charge on any atom is 0.0689 e. The highest BCUT2D eigenvalue weighted by atomic mass is 14.5. The Labute approximate surface area is 176 Å². The van der Waals surface area contributed by atoms with Crippen molar-refractivity contribution in [3.8, 4) is 6.07 Å². The van der Waals surface area contributed by atoms with E-state index in [2.05, 4.69) is 19.9 Å². The second-order valence-electron chi connectivity index (χ2n) is 11.0. The molecule has 0 aromatic rings. The molecule has 3 aliphatic rings. The van der Waals surface area contributed by atoms with E-state index in [0.29, 0.717) is 0 Å². The molecule has 1 nitrogen and oxygen atoms in total. The molecule has 160 valence electrons. The number of hydrogen-bond donors (Lipinski definition) is 0. The average molecular weight is 386 g/mol. The normalized spacial score (nSPS) is 38.5. The van der Waals surface area contributed by atoms with E-state index in [4.69, 9.17) is 0 Å². The summed E-state index contributed by atoms with van der Waals surface area (Å²) in [6, 6.07) is 2.83. The molecule has 0 spiro atoms. The fraction of sp³-hybridized carbons (Fsp3) is 0.963. The van der Waals surface area contributed by atoms with Crippen LogP contribution in [0.15, 0.2) is 0 Å². The number of unbranched alkanes of at least 4 members (excludes halogenated alkanes) is 4. The van der Waals surface area contributed by atoms with Crippen molar-refractivity contribution in [2.45, 2.75) is 129 Å². The lowest BCUT2D eigenvalue weighted by Crippen LogP contribution is -2.38. The first-order chi connectivity index (χ1) is 13.7. The molecule has 3 aliphatic carbocycles. The molecule has 0 radical (unpaired) electrons. The molecule has 0 aromatic carbocycles. The Bertz CT molecular complexity index is 483. The van der Waals surface area contributed by atoms with Gasteiger partial charge in [-0.1, -0.05) is 71.6 Å². The van der Waals surface area contributed by atoms with Gasteiger partial charge in [0.25, 0.3) is 0 Å². The predicted octanol–water partition coefficient (Wildman–Crippen LogP) is 8.68. The van der Waals surface area contributed by atoms with Gasteiger partial charge in [0.2, 0.25) is 0 Å². The quantitative estimate of drug-likeness (QED) is 0.364. The lowest BCUT2D eigenvalue weighted by atomic mass is 9.57. The summed E-state index contributed by atoms with van der Waals surface area (Å²) in [6.45, 7) is 4.63. The van der Waals surface area contributed by atoms with Crippen LogP contribution in [0.5, 0.6) is 0 Å². The van der Waals surface area contributed by atoms with Crippen LogP contribution in [-0.4, -0.2) is 0 Å². The van der Waals surface area contributed by atoms with Gasteiger partial charge in [-0.15, -0.1) is 0 Å². The molecular formula is C27H47N. The fourth-order valence-electron chi connectivity index (χ4n) is 7.29. The van der Waals surface area contributed by atoms with Crippen molar-refractivity contribution in [1.29, 1.82) is 5.26 Å². The van der Waals surface area contributed by atoms with Gasteiger partial charge in [-0.3, -0.25) is 0 Å². The van der Waals surface area contributed by atoms with Crippen LogP contribution in [0.1, 0.15) is 129 Å². The summed E-state index contributed by atoms with van der Waals surface area (Å²) in [6.07, 6.45) is 25.0. The third-order valence-electron chi connectivity index (χ3n) is 9.08. The SMILES string of the molecule is CCCCCCC[C@]1(C#N)CC[C@@H]2C[C@@H](C3CCC(CCC)CC3)CC[C@@H]2C1. The lowest BCUT2D eigenvalue weighted by molar-refractivity contribution is 0.0378. The Hall–Kier alpha value is -0.510. The highest BCUT2D eigenvalue weighted by molar-refractivity contribution is 5.04. The molecule has 0 unspecified atom stereocenters. The summed E-state index contributed by atoms with van der Waals surface area (Å²) in [4.78, 5) is 0. The van der Waals surface area contributed by atoms with Gasteiger partial charge in [0.15, 0.2) is 0 Å². The van der Waals surface area contributed by atoms with Crippen LogP contribution in [0.25, 0.3) is 0 Å². The summed E-state index contributed by atoms with van der Waals surface area (Å²) in [5, 5.41) is 10.0. The van der Waals surface area contributed by atoms with Crippen LogP contribution in [0.3, 0.4) is 0 Å². The average Bonchev–Trinajstić information content (AvgIpc) is 2.74. The van der Waals surface area contributed by atoms with Gasteiger partial charge in [0.1, 0.15) is 0 Å². The van der Waals surface area contributed by atoms with Crippen LogP contribution in [0.4, 0.5) is 0 Å². The summed E-state index contributed by atoms with van der Waals surface area (Å²) in [7, 11) is 0. The summed E-state index contributed by atoms with van der Waals surface area (Å²) in [5.74, 6) is 4.92. The van der Waals surface area contributed by atoms with Crippen LogP contribution in [-0.2, 0) is 0 Å². The molecule has 0 aliphatic heterocycles. The Morgan fingerprint density at radius 3 is 2.14 bits per heavy atom. The van der Waals surface area contributed by atoms with E-state index >= 15 is 0 Å². The highest BCUT2D eigenvalue weighted by Crippen LogP contribution is 2.53.